The van der Waals surface area contributed by atoms with Gasteiger partial charge in [-0.05, 0) is 41.5 Å². The van der Waals surface area contributed by atoms with Gasteiger partial charge < -0.3 is 9.80 Å². The summed E-state index contributed by atoms with van der Waals surface area (Å²) in [7, 11) is 0. The lowest BCUT2D eigenvalue weighted by molar-refractivity contribution is -0.713. The average Bonchev–Trinajstić information content (AvgIpc) is 2.84. The number of hydrogen-bond donors (Lipinski definition) is 0. The molecule has 0 spiro atoms. The zero-order chi connectivity index (χ0) is 14.3. The molecule has 1 aromatic rings. The minimum Gasteiger partial charge on any atom is -0.354 e. The molecule has 0 bridgehead atoms. The molecule has 0 N–H and O–H groups in total. The smallest absolute Gasteiger partial charge is 0.245 e. The standard InChI is InChI=1S/C15H27N4/c1-14(2,3)18-9-7-16(12-18)11-17-8-10-19(13-17)15(4,5)6/h7-10,12H,11,13H2,1-6H3/q+1. The molecule has 1 aliphatic rings. The fourth-order valence-electron chi connectivity index (χ4n) is 2.08. The van der Waals surface area contributed by atoms with E-state index in [0.29, 0.717) is 0 Å². The summed E-state index contributed by atoms with van der Waals surface area (Å²) < 4.78 is 4.47. The lowest BCUT2D eigenvalue weighted by Crippen LogP contribution is -2.44. The molecule has 0 fully saturated rings. The highest BCUT2D eigenvalue weighted by Crippen LogP contribution is 2.19. The number of imidazole rings is 1. The fraction of sp³-hybridized carbons (Fsp3) is 0.667. The van der Waals surface area contributed by atoms with Crippen LogP contribution in [0.15, 0.2) is 31.1 Å². The van der Waals surface area contributed by atoms with Crippen molar-refractivity contribution in [3.63, 3.8) is 0 Å². The molecule has 1 aliphatic heterocycles. The van der Waals surface area contributed by atoms with Gasteiger partial charge in [-0.15, -0.1) is 0 Å². The fourth-order valence-corrected chi connectivity index (χ4v) is 2.08. The lowest BCUT2D eigenvalue weighted by atomic mass is 10.1. The number of aromatic nitrogens is 2. The van der Waals surface area contributed by atoms with Crippen molar-refractivity contribution in [2.24, 2.45) is 0 Å². The second-order valence-electron chi connectivity index (χ2n) is 7.32. The Morgan fingerprint density at radius 2 is 1.68 bits per heavy atom. The lowest BCUT2D eigenvalue weighted by Gasteiger charge is -2.32. The highest BCUT2D eigenvalue weighted by molar-refractivity contribution is 4.94. The van der Waals surface area contributed by atoms with E-state index in [4.69, 9.17) is 0 Å². The van der Waals surface area contributed by atoms with Crippen molar-refractivity contribution < 1.29 is 4.57 Å². The maximum atomic E-state index is 2.36. The van der Waals surface area contributed by atoms with Crippen molar-refractivity contribution >= 4 is 0 Å². The molecule has 0 aliphatic carbocycles. The molecule has 4 heteroatoms. The Bertz CT molecular complexity index is 459. The predicted octanol–water partition coefficient (Wildman–Crippen LogP) is 2.33. The summed E-state index contributed by atoms with van der Waals surface area (Å²) in [4.78, 5) is 4.67. The Labute approximate surface area is 116 Å². The van der Waals surface area contributed by atoms with Crippen LogP contribution in [0.1, 0.15) is 41.5 Å². The van der Waals surface area contributed by atoms with E-state index in [1.807, 2.05) is 0 Å². The Morgan fingerprint density at radius 3 is 2.16 bits per heavy atom. The normalized spacial score (nSPS) is 16.5. The molecular formula is C15H27N4+. The third-order valence-corrected chi connectivity index (χ3v) is 3.46. The van der Waals surface area contributed by atoms with Crippen molar-refractivity contribution in [1.82, 2.24) is 14.4 Å². The molecule has 106 valence electrons. The number of rotatable bonds is 2. The molecule has 2 heterocycles. The average molecular weight is 263 g/mol. The first-order valence-corrected chi connectivity index (χ1v) is 6.93. The molecule has 19 heavy (non-hydrogen) atoms. The van der Waals surface area contributed by atoms with Crippen molar-refractivity contribution in [2.75, 3.05) is 6.67 Å². The summed E-state index contributed by atoms with van der Waals surface area (Å²) in [5, 5.41) is 0. The van der Waals surface area contributed by atoms with E-state index in [2.05, 4.69) is 91.6 Å². The highest BCUT2D eigenvalue weighted by atomic mass is 15.4. The van der Waals surface area contributed by atoms with Gasteiger partial charge in [0.15, 0.2) is 6.67 Å². The van der Waals surface area contributed by atoms with E-state index in [1.165, 1.54) is 0 Å². The minimum absolute atomic E-state index is 0.142. The Hall–Kier alpha value is -1.45. The quantitative estimate of drug-likeness (QED) is 0.761. The summed E-state index contributed by atoms with van der Waals surface area (Å²) in [6.45, 7) is 15.2. The van der Waals surface area contributed by atoms with Gasteiger partial charge in [0.25, 0.3) is 0 Å². The van der Waals surface area contributed by atoms with E-state index >= 15 is 0 Å². The van der Waals surface area contributed by atoms with Gasteiger partial charge in [0.1, 0.15) is 17.9 Å². The van der Waals surface area contributed by atoms with Crippen LogP contribution in [0, 0.1) is 0 Å². The second-order valence-corrected chi connectivity index (χ2v) is 7.32. The van der Waals surface area contributed by atoms with Crippen LogP contribution in [0.3, 0.4) is 0 Å². The van der Waals surface area contributed by atoms with Gasteiger partial charge in [-0.2, -0.15) is 0 Å². The maximum absolute atomic E-state index is 2.36. The van der Waals surface area contributed by atoms with Gasteiger partial charge in [-0.1, -0.05) is 0 Å². The van der Waals surface area contributed by atoms with E-state index < -0.39 is 0 Å². The summed E-state index contributed by atoms with van der Waals surface area (Å²) >= 11 is 0. The molecular weight excluding hydrogens is 236 g/mol. The topological polar surface area (TPSA) is 15.3 Å². The summed E-state index contributed by atoms with van der Waals surface area (Å²) in [5.41, 5.74) is 0.330. The van der Waals surface area contributed by atoms with Gasteiger partial charge in [0.2, 0.25) is 6.33 Å². The van der Waals surface area contributed by atoms with Gasteiger partial charge >= 0.3 is 0 Å². The van der Waals surface area contributed by atoms with Crippen LogP contribution >= 0.6 is 0 Å². The van der Waals surface area contributed by atoms with Crippen LogP contribution in [0.25, 0.3) is 0 Å². The Morgan fingerprint density at radius 1 is 1.00 bits per heavy atom. The molecule has 0 aromatic carbocycles. The Kier molecular flexibility index (Phi) is 3.37. The molecule has 0 amide bonds. The highest BCUT2D eigenvalue weighted by Gasteiger charge is 2.25. The SMILES string of the molecule is CC(C)(C)N1C=CN(C[n+]2ccn(C(C)(C)C)c2)C1. The number of nitrogens with zero attached hydrogens (tertiary/aromatic N) is 4. The van der Waals surface area contributed by atoms with Gasteiger partial charge in [-0.3, -0.25) is 0 Å². The zero-order valence-corrected chi connectivity index (χ0v) is 13.1. The molecule has 0 unspecified atom stereocenters. The van der Waals surface area contributed by atoms with Crippen LogP contribution in [-0.4, -0.2) is 26.6 Å². The third-order valence-electron chi connectivity index (χ3n) is 3.46. The monoisotopic (exact) mass is 263 g/mol. The first kappa shape index (κ1) is 14.0. The zero-order valence-electron chi connectivity index (χ0n) is 13.1. The molecule has 4 nitrogen and oxygen atoms in total. The summed E-state index contributed by atoms with van der Waals surface area (Å²) in [5.74, 6) is 0. The molecule has 1 aromatic heterocycles. The molecule has 0 saturated heterocycles. The minimum atomic E-state index is 0.142. The van der Waals surface area contributed by atoms with Crippen LogP contribution in [0.5, 0.6) is 0 Å². The number of hydrogen-bond acceptors (Lipinski definition) is 2. The Balaban J connectivity index is 1.97. The first-order chi connectivity index (χ1) is 8.66. The van der Waals surface area contributed by atoms with Crippen LogP contribution in [-0.2, 0) is 12.2 Å². The first-order valence-electron chi connectivity index (χ1n) is 6.93. The van der Waals surface area contributed by atoms with E-state index in [9.17, 15) is 0 Å². The van der Waals surface area contributed by atoms with Crippen molar-refractivity contribution in [1.29, 1.82) is 0 Å². The van der Waals surface area contributed by atoms with Crippen LogP contribution in [0.4, 0.5) is 0 Å². The van der Waals surface area contributed by atoms with Crippen LogP contribution < -0.4 is 4.57 Å². The van der Waals surface area contributed by atoms with Gasteiger partial charge in [0, 0.05) is 17.9 Å². The summed E-state index contributed by atoms with van der Waals surface area (Å²) in [6, 6.07) is 0. The molecule has 0 atom stereocenters. The maximum Gasteiger partial charge on any atom is 0.245 e. The molecule has 0 radical (unpaired) electrons. The van der Waals surface area contributed by atoms with Gasteiger partial charge in [0.05, 0.1) is 6.67 Å². The third kappa shape index (κ3) is 3.31. The van der Waals surface area contributed by atoms with Crippen LogP contribution in [0.2, 0.25) is 0 Å². The predicted molar refractivity (Wildman–Crippen MR) is 77.1 cm³/mol. The molecule has 0 saturated carbocycles. The molecule has 2 rings (SSSR count). The van der Waals surface area contributed by atoms with Crippen molar-refractivity contribution in [3.8, 4) is 0 Å². The van der Waals surface area contributed by atoms with Gasteiger partial charge in [-0.25, -0.2) is 9.13 Å². The van der Waals surface area contributed by atoms with E-state index in [1.54, 1.807) is 0 Å². The van der Waals surface area contributed by atoms with E-state index in [0.717, 1.165) is 13.3 Å². The van der Waals surface area contributed by atoms with E-state index in [-0.39, 0.29) is 11.1 Å². The second kappa shape index (κ2) is 4.58. The largest absolute Gasteiger partial charge is 0.354 e. The van der Waals surface area contributed by atoms with Crippen molar-refractivity contribution in [3.05, 3.63) is 31.1 Å². The van der Waals surface area contributed by atoms with Crippen molar-refractivity contribution in [2.45, 2.75) is 59.3 Å². The summed E-state index contributed by atoms with van der Waals surface area (Å²) in [6.07, 6.45) is 10.8.